The molecule has 11 heteroatoms. The number of nitrogens with zero attached hydrogens (tertiary/aromatic N) is 11. The standard InChI is InChI=1S/2C10H16N.C9H20N.C9H14N.C8H15N2.C8H18N.C7H13N2.C6H11N2/c1-3-4-7-11-8-5-10(2)6-9-11;1-3-4-7-11-8-5-6-10(2)9-11;1-3-7-10(2)8-5-4-6-9-10;1-2-3-7-10-8-5-4-6-9-10;1-3-4-5-10-7-6-9(2)8-10;1-3-6-9(2)7-4-5-8-9;1-3-4-9-6-5-8(2)7-9;1-3-8-5-4-7(2)6-8/h2*5-6,8-9H,3-4,7H2,1-2H3;3-9H2,1-2H3;4-6,8-9H,2-3,7H2,1H3;6-8H,3-5H2,1-2H3;3-8H2,1-2H3;5-7H,3-4H2,1-2H3;4-6H,3H2,1-2H3/q8*+1. The third kappa shape index (κ3) is 36.2. The largest absolute Gasteiger partial charge is 0.326 e. The van der Waals surface area contributed by atoms with Crippen LogP contribution >= 0.6 is 0 Å². The molecule has 0 unspecified atom stereocenters. The van der Waals surface area contributed by atoms with Gasteiger partial charge in [0, 0.05) is 68.0 Å². The molecule has 8 heterocycles. The third-order valence-corrected chi connectivity index (χ3v) is 14.3. The minimum atomic E-state index is 1.06. The fraction of sp³-hybridized carbons (Fsp3) is 0.642. The van der Waals surface area contributed by atoms with Gasteiger partial charge in [0.2, 0.25) is 19.0 Å². The number of hydrogen-bond donors (Lipinski definition) is 0. The summed E-state index contributed by atoms with van der Waals surface area (Å²) in [6, 6.07) is 14.7. The summed E-state index contributed by atoms with van der Waals surface area (Å²) in [5.74, 6) is 0. The minimum Gasteiger partial charge on any atom is -0.326 e. The second-order valence-corrected chi connectivity index (χ2v) is 22.7. The van der Waals surface area contributed by atoms with Crippen molar-refractivity contribution in [1.29, 1.82) is 0 Å². The molecule has 0 radical (unpaired) electrons. The van der Waals surface area contributed by atoms with Gasteiger partial charge in [-0.05, 0) is 77.3 Å². The predicted molar refractivity (Wildman–Crippen MR) is 327 cm³/mol. The van der Waals surface area contributed by atoms with Gasteiger partial charge < -0.3 is 8.97 Å². The average molecular weight is 1080 g/mol. The Morgan fingerprint density at radius 3 is 1.19 bits per heavy atom. The topological polar surface area (TPSA) is 38.1 Å². The Bertz CT molecular complexity index is 2240. The van der Waals surface area contributed by atoms with E-state index in [1.165, 1.54) is 162 Å². The lowest BCUT2D eigenvalue weighted by Crippen LogP contribution is -2.48. The molecule has 6 aromatic heterocycles. The van der Waals surface area contributed by atoms with Crippen LogP contribution in [0.3, 0.4) is 0 Å². The lowest BCUT2D eigenvalue weighted by molar-refractivity contribution is -0.914. The molecule has 2 aliphatic heterocycles. The van der Waals surface area contributed by atoms with Gasteiger partial charge in [-0.3, -0.25) is 0 Å². The van der Waals surface area contributed by atoms with E-state index in [0.29, 0.717) is 0 Å². The van der Waals surface area contributed by atoms with Crippen LogP contribution in [0.4, 0.5) is 0 Å². The monoisotopic (exact) mass is 1080 g/mol. The molecule has 0 atom stereocenters. The van der Waals surface area contributed by atoms with E-state index in [-0.39, 0.29) is 0 Å². The summed E-state index contributed by atoms with van der Waals surface area (Å²) in [5.41, 5.74) is 2.67. The van der Waals surface area contributed by atoms with Crippen molar-refractivity contribution in [3.63, 3.8) is 0 Å². The first-order chi connectivity index (χ1) is 37.6. The second-order valence-electron chi connectivity index (χ2n) is 22.7. The molecule has 0 spiro atoms. The quantitative estimate of drug-likeness (QED) is 0.0573. The summed E-state index contributed by atoms with van der Waals surface area (Å²) in [6.07, 6.45) is 52.8. The van der Waals surface area contributed by atoms with Crippen LogP contribution in [-0.2, 0) is 60.4 Å². The first kappa shape index (κ1) is 71.0. The highest BCUT2D eigenvalue weighted by Gasteiger charge is 2.25. The zero-order valence-corrected chi connectivity index (χ0v) is 53.4. The minimum absolute atomic E-state index is 1.06. The highest BCUT2D eigenvalue weighted by molar-refractivity contribution is 5.03. The molecule has 78 heavy (non-hydrogen) atoms. The molecular weight excluding hydrogens is 959 g/mol. The second kappa shape index (κ2) is 44.8. The Balaban J connectivity index is 0.000000446. The van der Waals surface area contributed by atoms with Crippen LogP contribution in [0.25, 0.3) is 0 Å². The Labute approximate surface area is 480 Å². The lowest BCUT2D eigenvalue weighted by Gasteiger charge is -2.37. The first-order valence-electron chi connectivity index (χ1n) is 31.2. The van der Waals surface area contributed by atoms with Crippen molar-refractivity contribution in [2.24, 2.45) is 21.1 Å². The van der Waals surface area contributed by atoms with Gasteiger partial charge in [-0.15, -0.1) is 0 Å². The van der Waals surface area contributed by atoms with Gasteiger partial charge in [0.25, 0.3) is 0 Å². The molecule has 0 N–H and O–H groups in total. The molecule has 8 rings (SSSR count). The molecule has 0 bridgehead atoms. The number of rotatable bonds is 19. The van der Waals surface area contributed by atoms with E-state index in [9.17, 15) is 0 Å². The first-order valence-corrected chi connectivity index (χ1v) is 31.2. The van der Waals surface area contributed by atoms with Gasteiger partial charge in [-0.2, -0.15) is 0 Å². The SMILES string of the molecule is CCCC[n+]1ccc(C)cc1.CCCC[n+]1cccc(C)c1.CCCC[n+]1ccccc1.CCCCn1cc[n+](C)c1.CCC[N+]1(C)CCCC1.CCC[N+]1(C)CCCCC1.CCCn1cc[n+](C)c1.CCn1cc[n+](C)c1. The van der Waals surface area contributed by atoms with Crippen LogP contribution in [-0.4, -0.2) is 76.0 Å². The number of likely N-dealkylation sites (tertiary alicyclic amines) is 2. The van der Waals surface area contributed by atoms with Crippen molar-refractivity contribution in [2.75, 3.05) is 53.4 Å². The van der Waals surface area contributed by atoms with E-state index < -0.39 is 0 Å². The molecule has 0 aliphatic carbocycles. The highest BCUT2D eigenvalue weighted by atomic mass is 15.3. The fourth-order valence-corrected chi connectivity index (χ4v) is 9.54. The summed E-state index contributed by atoms with van der Waals surface area (Å²) in [4.78, 5) is 0. The van der Waals surface area contributed by atoms with Crippen LogP contribution in [0, 0.1) is 13.8 Å². The average Bonchev–Trinajstić information content (AvgIpc) is 4.28. The summed E-state index contributed by atoms with van der Waals surface area (Å²) >= 11 is 0. The molecule has 438 valence electrons. The Hall–Kier alpha value is -5.00. The van der Waals surface area contributed by atoms with E-state index in [2.05, 4.69) is 243 Å². The number of aromatic nitrogens is 9. The number of quaternary nitrogens is 2. The van der Waals surface area contributed by atoms with E-state index in [1.807, 2.05) is 38.0 Å². The smallest absolute Gasteiger partial charge is 0.243 e. The summed E-state index contributed by atoms with van der Waals surface area (Å²) < 4.78 is 22.0. The van der Waals surface area contributed by atoms with E-state index in [4.69, 9.17) is 0 Å². The van der Waals surface area contributed by atoms with Gasteiger partial charge in [-0.25, -0.2) is 41.1 Å². The number of pyridine rings is 3. The van der Waals surface area contributed by atoms with E-state index in [0.717, 1.165) is 39.3 Å². The van der Waals surface area contributed by atoms with Gasteiger partial charge in [0.1, 0.15) is 56.8 Å². The van der Waals surface area contributed by atoms with Crippen LogP contribution in [0.15, 0.2) is 136 Å². The number of imidazole rings is 3. The highest BCUT2D eigenvalue weighted by Crippen LogP contribution is 2.17. The number of piperidine rings is 1. The molecule has 0 aromatic carbocycles. The zero-order chi connectivity index (χ0) is 57.7. The maximum absolute atomic E-state index is 2.41. The third-order valence-electron chi connectivity index (χ3n) is 14.3. The van der Waals surface area contributed by atoms with Gasteiger partial charge in [0.15, 0.2) is 37.2 Å². The lowest BCUT2D eigenvalue weighted by atomic mass is 10.1. The van der Waals surface area contributed by atoms with Crippen molar-refractivity contribution in [3.05, 3.63) is 147 Å². The van der Waals surface area contributed by atoms with Crippen molar-refractivity contribution in [1.82, 2.24) is 13.7 Å². The van der Waals surface area contributed by atoms with Crippen LogP contribution in [0.5, 0.6) is 0 Å². The number of hydrogen-bond acceptors (Lipinski definition) is 0. The molecule has 6 aromatic rings. The maximum atomic E-state index is 2.41. The predicted octanol–water partition coefficient (Wildman–Crippen LogP) is 11.8. The van der Waals surface area contributed by atoms with Crippen molar-refractivity contribution >= 4 is 0 Å². The fourth-order valence-electron chi connectivity index (χ4n) is 9.54. The number of aryl methyl sites for hydroxylation is 11. The maximum Gasteiger partial charge on any atom is 0.243 e. The van der Waals surface area contributed by atoms with E-state index in [1.54, 1.807) is 0 Å². The Morgan fingerprint density at radius 2 is 0.808 bits per heavy atom. The van der Waals surface area contributed by atoms with Crippen LogP contribution in [0.2, 0.25) is 0 Å². The molecular formula is C67H123N11+8. The zero-order valence-electron chi connectivity index (χ0n) is 53.4. The molecule has 0 saturated carbocycles. The van der Waals surface area contributed by atoms with Gasteiger partial charge in [0.05, 0.1) is 94.1 Å². The van der Waals surface area contributed by atoms with Crippen LogP contribution in [0.1, 0.15) is 169 Å². The van der Waals surface area contributed by atoms with Crippen LogP contribution < -0.4 is 27.4 Å². The summed E-state index contributed by atoms with van der Waals surface area (Å²) in [6.45, 7) is 37.2. The van der Waals surface area contributed by atoms with Gasteiger partial charge in [-0.1, -0.05) is 80.2 Å². The molecule has 2 aliphatic rings. The Morgan fingerprint density at radius 1 is 0.397 bits per heavy atom. The van der Waals surface area contributed by atoms with Gasteiger partial charge >= 0.3 is 0 Å². The molecule has 0 amide bonds. The molecule has 2 saturated heterocycles. The number of unbranched alkanes of at least 4 members (excludes halogenated alkanes) is 4. The van der Waals surface area contributed by atoms with E-state index >= 15 is 0 Å². The van der Waals surface area contributed by atoms with Crippen molar-refractivity contribution in [3.8, 4) is 0 Å². The Kier molecular flexibility index (Phi) is 40.8. The molecule has 11 nitrogen and oxygen atoms in total. The van der Waals surface area contributed by atoms with Crippen molar-refractivity contribution in [2.45, 2.75) is 211 Å². The summed E-state index contributed by atoms with van der Waals surface area (Å²) in [7, 11) is 10.9. The summed E-state index contributed by atoms with van der Waals surface area (Å²) in [5, 5.41) is 0. The molecule has 2 fully saturated rings. The normalized spacial score (nSPS) is 13.5. The van der Waals surface area contributed by atoms with Crippen molar-refractivity contribution < 1.29 is 36.4 Å².